The zero-order chi connectivity index (χ0) is 12.0. The molecule has 0 amide bonds. The Morgan fingerprint density at radius 2 is 2.06 bits per heavy atom. The Bertz CT molecular complexity index is 236. The van der Waals surface area contributed by atoms with E-state index in [1.54, 1.807) is 0 Å². The molecular formula is C13H25N3. The summed E-state index contributed by atoms with van der Waals surface area (Å²) in [6.45, 7) is 7.97. The summed E-state index contributed by atoms with van der Waals surface area (Å²) >= 11 is 0. The lowest BCUT2D eigenvalue weighted by Gasteiger charge is -2.38. The molecule has 0 saturated carbocycles. The molecule has 1 fully saturated rings. The molecule has 1 aliphatic rings. The molecule has 1 unspecified atom stereocenters. The number of likely N-dealkylation sites (tertiary alicyclic amines) is 1. The second-order valence-electron chi connectivity index (χ2n) is 5.46. The van der Waals surface area contributed by atoms with Crippen molar-refractivity contribution in [3.8, 4) is 6.07 Å². The minimum atomic E-state index is 0.376. The third-order valence-corrected chi connectivity index (χ3v) is 3.84. The van der Waals surface area contributed by atoms with Gasteiger partial charge in [0.1, 0.15) is 0 Å². The molecule has 3 nitrogen and oxygen atoms in total. The van der Waals surface area contributed by atoms with Gasteiger partial charge in [-0.15, -0.1) is 0 Å². The highest BCUT2D eigenvalue weighted by Crippen LogP contribution is 2.29. The molecule has 0 aliphatic carbocycles. The molecule has 1 aliphatic heterocycles. The van der Waals surface area contributed by atoms with Gasteiger partial charge in [0, 0.05) is 12.6 Å². The van der Waals surface area contributed by atoms with E-state index in [1.807, 2.05) is 0 Å². The monoisotopic (exact) mass is 223 g/mol. The second-order valence-corrected chi connectivity index (χ2v) is 5.46. The van der Waals surface area contributed by atoms with Gasteiger partial charge in [0.25, 0.3) is 0 Å². The van der Waals surface area contributed by atoms with Crippen molar-refractivity contribution in [3.63, 3.8) is 0 Å². The number of nitrogens with zero attached hydrogens (tertiary/aromatic N) is 2. The molecule has 92 valence electrons. The zero-order valence-corrected chi connectivity index (χ0v) is 10.9. The molecule has 1 heterocycles. The van der Waals surface area contributed by atoms with Crippen LogP contribution in [0.1, 0.15) is 39.5 Å². The summed E-state index contributed by atoms with van der Waals surface area (Å²) in [6, 6.07) is 2.63. The first kappa shape index (κ1) is 13.5. The molecule has 0 aromatic rings. The van der Waals surface area contributed by atoms with E-state index in [-0.39, 0.29) is 0 Å². The summed E-state index contributed by atoms with van der Waals surface area (Å²) in [4.78, 5) is 2.40. The van der Waals surface area contributed by atoms with Crippen molar-refractivity contribution in [2.75, 3.05) is 26.7 Å². The van der Waals surface area contributed by atoms with Crippen LogP contribution in [0.15, 0.2) is 0 Å². The van der Waals surface area contributed by atoms with Gasteiger partial charge in [-0.1, -0.05) is 13.8 Å². The van der Waals surface area contributed by atoms with E-state index in [4.69, 9.17) is 5.26 Å². The van der Waals surface area contributed by atoms with Crippen LogP contribution in [-0.4, -0.2) is 37.6 Å². The average Bonchev–Trinajstić information content (AvgIpc) is 2.29. The number of nitriles is 1. The van der Waals surface area contributed by atoms with Gasteiger partial charge in [-0.25, -0.2) is 0 Å². The number of rotatable bonds is 5. The van der Waals surface area contributed by atoms with Crippen molar-refractivity contribution >= 4 is 0 Å². The van der Waals surface area contributed by atoms with Crippen molar-refractivity contribution in [1.82, 2.24) is 10.2 Å². The van der Waals surface area contributed by atoms with Crippen molar-refractivity contribution in [3.05, 3.63) is 0 Å². The smallest absolute Gasteiger partial charge is 0.0638 e. The highest BCUT2D eigenvalue weighted by atomic mass is 15.1. The molecule has 1 rings (SSSR count). The van der Waals surface area contributed by atoms with E-state index >= 15 is 0 Å². The van der Waals surface area contributed by atoms with Crippen LogP contribution < -0.4 is 5.32 Å². The number of nitrogens with one attached hydrogen (secondary N) is 1. The number of piperidine rings is 1. The van der Waals surface area contributed by atoms with Crippen LogP contribution in [0.5, 0.6) is 0 Å². The summed E-state index contributed by atoms with van der Waals surface area (Å²) in [6.07, 6.45) is 4.20. The first-order valence-corrected chi connectivity index (χ1v) is 6.38. The first-order valence-electron chi connectivity index (χ1n) is 6.38. The Hall–Kier alpha value is -0.590. The van der Waals surface area contributed by atoms with Crippen molar-refractivity contribution in [2.45, 2.75) is 45.6 Å². The van der Waals surface area contributed by atoms with Gasteiger partial charge < -0.3 is 10.2 Å². The minimum Gasteiger partial charge on any atom is -0.312 e. The van der Waals surface area contributed by atoms with Gasteiger partial charge in [0.05, 0.1) is 12.5 Å². The molecule has 1 N–H and O–H groups in total. The molecule has 0 aromatic heterocycles. The van der Waals surface area contributed by atoms with E-state index in [0.717, 1.165) is 13.0 Å². The van der Waals surface area contributed by atoms with E-state index in [0.29, 0.717) is 17.9 Å². The molecule has 0 radical (unpaired) electrons. The van der Waals surface area contributed by atoms with Crippen LogP contribution in [0.2, 0.25) is 0 Å². The van der Waals surface area contributed by atoms with Crippen LogP contribution in [0, 0.1) is 16.7 Å². The van der Waals surface area contributed by atoms with Gasteiger partial charge in [0.2, 0.25) is 0 Å². The Balaban J connectivity index is 2.33. The standard InChI is InChI=1S/C13H25N3/c1-4-12(5-8-14)15-11-13(2)6-9-16(3)10-7-13/h12,15H,4-7,9-11H2,1-3H3. The largest absolute Gasteiger partial charge is 0.312 e. The summed E-state index contributed by atoms with van der Waals surface area (Å²) in [5, 5.41) is 12.3. The topological polar surface area (TPSA) is 39.1 Å². The maximum absolute atomic E-state index is 8.71. The van der Waals surface area contributed by atoms with Gasteiger partial charge >= 0.3 is 0 Å². The van der Waals surface area contributed by atoms with Crippen LogP contribution in [0.4, 0.5) is 0 Å². The molecule has 16 heavy (non-hydrogen) atoms. The fraction of sp³-hybridized carbons (Fsp3) is 0.923. The predicted molar refractivity (Wildman–Crippen MR) is 67.1 cm³/mol. The van der Waals surface area contributed by atoms with Crippen LogP contribution in [-0.2, 0) is 0 Å². The normalized spacial score (nSPS) is 22.6. The highest BCUT2D eigenvalue weighted by Gasteiger charge is 2.28. The minimum absolute atomic E-state index is 0.376. The zero-order valence-electron chi connectivity index (χ0n) is 10.9. The molecule has 3 heteroatoms. The van der Waals surface area contributed by atoms with Crippen molar-refractivity contribution in [1.29, 1.82) is 5.26 Å². The van der Waals surface area contributed by atoms with Crippen LogP contribution in [0.25, 0.3) is 0 Å². The van der Waals surface area contributed by atoms with E-state index < -0.39 is 0 Å². The maximum Gasteiger partial charge on any atom is 0.0638 e. The molecule has 1 atom stereocenters. The average molecular weight is 223 g/mol. The Kier molecular flexibility index (Phi) is 5.24. The van der Waals surface area contributed by atoms with Gasteiger partial charge in [-0.05, 0) is 44.8 Å². The summed E-state index contributed by atoms with van der Waals surface area (Å²) < 4.78 is 0. The third kappa shape index (κ3) is 4.11. The molecule has 1 saturated heterocycles. The molecule has 0 aromatic carbocycles. The summed E-state index contributed by atoms with van der Waals surface area (Å²) in [7, 11) is 2.19. The molecule has 0 spiro atoms. The lowest BCUT2D eigenvalue weighted by atomic mass is 9.80. The second kappa shape index (κ2) is 6.22. The summed E-state index contributed by atoms with van der Waals surface area (Å²) in [5.74, 6) is 0. The predicted octanol–water partition coefficient (Wildman–Crippen LogP) is 2.00. The fourth-order valence-corrected chi connectivity index (χ4v) is 2.20. The van der Waals surface area contributed by atoms with E-state index in [1.165, 1.54) is 25.9 Å². The van der Waals surface area contributed by atoms with Crippen molar-refractivity contribution in [2.24, 2.45) is 5.41 Å². The maximum atomic E-state index is 8.71. The lowest BCUT2D eigenvalue weighted by Crippen LogP contribution is -2.44. The Morgan fingerprint density at radius 3 is 2.56 bits per heavy atom. The van der Waals surface area contributed by atoms with Crippen molar-refractivity contribution < 1.29 is 0 Å². The quantitative estimate of drug-likeness (QED) is 0.775. The SMILES string of the molecule is CCC(CC#N)NCC1(C)CCN(C)CC1. The van der Waals surface area contributed by atoms with Gasteiger partial charge in [0.15, 0.2) is 0 Å². The third-order valence-electron chi connectivity index (χ3n) is 3.84. The van der Waals surface area contributed by atoms with Gasteiger partial charge in [-0.3, -0.25) is 0 Å². The lowest BCUT2D eigenvalue weighted by molar-refractivity contribution is 0.133. The summed E-state index contributed by atoms with van der Waals surface area (Å²) in [5.41, 5.74) is 0.426. The van der Waals surface area contributed by atoms with Gasteiger partial charge in [-0.2, -0.15) is 5.26 Å². The molecule has 0 bridgehead atoms. The first-order chi connectivity index (χ1) is 7.59. The number of hydrogen-bond acceptors (Lipinski definition) is 3. The Labute approximate surface area is 99.8 Å². The number of hydrogen-bond donors (Lipinski definition) is 1. The highest BCUT2D eigenvalue weighted by molar-refractivity contribution is 4.86. The van der Waals surface area contributed by atoms with E-state index in [2.05, 4.69) is 37.2 Å². The molecular weight excluding hydrogens is 198 g/mol. The Morgan fingerprint density at radius 1 is 1.44 bits per heavy atom. The van der Waals surface area contributed by atoms with Crippen LogP contribution in [0.3, 0.4) is 0 Å². The van der Waals surface area contributed by atoms with E-state index in [9.17, 15) is 0 Å². The van der Waals surface area contributed by atoms with Crippen LogP contribution >= 0.6 is 0 Å². The fourth-order valence-electron chi connectivity index (χ4n) is 2.20.